The third-order valence-corrected chi connectivity index (χ3v) is 3.80. The van der Waals surface area contributed by atoms with Crippen LogP contribution < -0.4 is 22.5 Å². The molecule has 0 aliphatic rings. The van der Waals surface area contributed by atoms with Crippen molar-refractivity contribution in [1.82, 2.24) is 25.3 Å². The molecular weight excluding hydrogens is 432 g/mol. The van der Waals surface area contributed by atoms with Gasteiger partial charge in [0.25, 0.3) is 0 Å². The lowest BCUT2D eigenvalue weighted by atomic mass is 10.1. The van der Waals surface area contributed by atoms with Crippen molar-refractivity contribution in [3.63, 3.8) is 0 Å². The molecule has 0 fully saturated rings. The molecular formula is C19H26F4N8O. The molecule has 0 saturated heterocycles. The lowest BCUT2D eigenvalue weighted by Crippen LogP contribution is -2.13. The van der Waals surface area contributed by atoms with Crippen molar-refractivity contribution < 1.29 is 22.4 Å². The van der Waals surface area contributed by atoms with E-state index in [1.165, 1.54) is 17.0 Å². The fraction of sp³-hybridized carbons (Fsp3) is 0.368. The first-order valence-electron chi connectivity index (χ1n) is 9.38. The molecule has 32 heavy (non-hydrogen) atoms. The van der Waals surface area contributed by atoms with Gasteiger partial charge in [-0.15, -0.1) is 5.10 Å². The predicted octanol–water partition coefficient (Wildman–Crippen LogP) is 1.63. The first-order chi connectivity index (χ1) is 15.0. The van der Waals surface area contributed by atoms with Crippen LogP contribution in [-0.2, 0) is 19.3 Å². The Morgan fingerprint density at radius 1 is 1.28 bits per heavy atom. The number of nitrogens with zero attached hydrogens (tertiary/aromatic N) is 4. The third-order valence-electron chi connectivity index (χ3n) is 3.80. The minimum absolute atomic E-state index is 0.0307. The van der Waals surface area contributed by atoms with Gasteiger partial charge in [0.05, 0.1) is 29.8 Å². The number of hydrogen-bond acceptors (Lipinski definition) is 8. The first kappa shape index (κ1) is 26.6. The van der Waals surface area contributed by atoms with Crippen LogP contribution >= 0.6 is 0 Å². The predicted molar refractivity (Wildman–Crippen MR) is 110 cm³/mol. The molecule has 1 atom stereocenters. The summed E-state index contributed by atoms with van der Waals surface area (Å²) in [6.07, 6.45) is 1.29. The third kappa shape index (κ3) is 10.5. The van der Waals surface area contributed by atoms with E-state index in [9.17, 15) is 22.4 Å². The number of aromatic nitrogens is 4. The lowest BCUT2D eigenvalue weighted by Gasteiger charge is -2.07. The molecule has 0 spiro atoms. The summed E-state index contributed by atoms with van der Waals surface area (Å²) in [5.41, 5.74) is 16.5. The number of allylic oxidation sites excluding steroid dienone is 3. The molecule has 2 aromatic heterocycles. The molecule has 2 heterocycles. The van der Waals surface area contributed by atoms with Gasteiger partial charge >= 0.3 is 6.18 Å². The van der Waals surface area contributed by atoms with Crippen LogP contribution in [0.25, 0.3) is 0 Å². The maximum atomic E-state index is 13.6. The van der Waals surface area contributed by atoms with Gasteiger partial charge in [-0.2, -0.15) is 13.2 Å². The number of alkyl halides is 4. The van der Waals surface area contributed by atoms with Crippen molar-refractivity contribution in [1.29, 1.82) is 0 Å². The van der Waals surface area contributed by atoms with E-state index in [4.69, 9.17) is 17.2 Å². The highest BCUT2D eigenvalue weighted by molar-refractivity contribution is 5.70. The van der Waals surface area contributed by atoms with Crippen LogP contribution in [-0.4, -0.2) is 39.5 Å². The molecule has 0 aliphatic heterocycles. The van der Waals surface area contributed by atoms with E-state index in [1.807, 2.05) is 0 Å². The van der Waals surface area contributed by atoms with Crippen molar-refractivity contribution in [3.8, 4) is 0 Å². The van der Waals surface area contributed by atoms with Crippen LogP contribution in [0.5, 0.6) is 0 Å². The molecule has 0 bridgehead atoms. The van der Waals surface area contributed by atoms with Crippen molar-refractivity contribution in [2.45, 2.75) is 38.3 Å². The minimum Gasteiger partial charge on any atom is -0.402 e. The molecule has 0 aromatic carbocycles. The van der Waals surface area contributed by atoms with E-state index >= 15 is 0 Å². The number of nitrogens with one attached hydrogen (secondary N) is 1. The molecule has 0 aliphatic carbocycles. The van der Waals surface area contributed by atoms with Crippen LogP contribution in [0.2, 0.25) is 0 Å². The summed E-state index contributed by atoms with van der Waals surface area (Å²) in [6, 6.07) is 2.00. The SMILES string of the molecule is CNCc1cc(C(F)(F)F)ccn1.NC(N)=C/C=C(\N)CCC(F)Cn1cc(C=O)nn1. The molecule has 2 aromatic rings. The largest absolute Gasteiger partial charge is 0.416 e. The van der Waals surface area contributed by atoms with Crippen molar-refractivity contribution in [3.05, 3.63) is 65.1 Å². The molecule has 13 heteroatoms. The monoisotopic (exact) mass is 458 g/mol. The zero-order valence-corrected chi connectivity index (χ0v) is 17.4. The Bertz CT molecular complexity index is 907. The second kappa shape index (κ2) is 13.0. The fourth-order valence-electron chi connectivity index (χ4n) is 2.29. The van der Waals surface area contributed by atoms with Crippen LogP contribution in [0.1, 0.15) is 34.6 Å². The Morgan fingerprint density at radius 3 is 2.56 bits per heavy atom. The zero-order chi connectivity index (χ0) is 24.1. The normalized spacial score (nSPS) is 12.5. The summed E-state index contributed by atoms with van der Waals surface area (Å²) in [6.45, 7) is 0.368. The molecule has 2 rings (SSSR count). The second-order valence-corrected chi connectivity index (χ2v) is 6.59. The van der Waals surface area contributed by atoms with Gasteiger partial charge in [-0.1, -0.05) is 5.21 Å². The van der Waals surface area contributed by atoms with E-state index in [2.05, 4.69) is 20.6 Å². The minimum atomic E-state index is -4.29. The van der Waals surface area contributed by atoms with E-state index in [0.29, 0.717) is 30.6 Å². The van der Waals surface area contributed by atoms with Gasteiger partial charge in [0.15, 0.2) is 6.29 Å². The summed E-state index contributed by atoms with van der Waals surface area (Å²) < 4.78 is 51.4. The lowest BCUT2D eigenvalue weighted by molar-refractivity contribution is -0.137. The van der Waals surface area contributed by atoms with Gasteiger partial charge in [-0.25, -0.2) is 9.07 Å². The topological polar surface area (TPSA) is 151 Å². The number of rotatable bonds is 9. The number of aldehydes is 1. The van der Waals surface area contributed by atoms with Crippen molar-refractivity contribution in [2.24, 2.45) is 17.2 Å². The number of carbonyl (C=O) groups excluding carboxylic acids is 1. The van der Waals surface area contributed by atoms with E-state index < -0.39 is 17.9 Å². The molecule has 0 amide bonds. The van der Waals surface area contributed by atoms with Gasteiger partial charge in [0, 0.05) is 18.4 Å². The highest BCUT2D eigenvalue weighted by Gasteiger charge is 2.30. The smallest absolute Gasteiger partial charge is 0.402 e. The van der Waals surface area contributed by atoms with E-state index in [1.54, 1.807) is 13.1 Å². The fourth-order valence-corrected chi connectivity index (χ4v) is 2.29. The highest BCUT2D eigenvalue weighted by Crippen LogP contribution is 2.28. The highest BCUT2D eigenvalue weighted by atomic mass is 19.4. The summed E-state index contributed by atoms with van der Waals surface area (Å²) >= 11 is 0. The summed E-state index contributed by atoms with van der Waals surface area (Å²) in [7, 11) is 1.65. The maximum absolute atomic E-state index is 13.6. The second-order valence-electron chi connectivity index (χ2n) is 6.59. The van der Waals surface area contributed by atoms with Gasteiger partial charge in [-0.05, 0) is 44.2 Å². The van der Waals surface area contributed by atoms with Crippen molar-refractivity contribution >= 4 is 6.29 Å². The van der Waals surface area contributed by atoms with Crippen molar-refractivity contribution in [2.75, 3.05) is 7.05 Å². The molecule has 176 valence electrons. The molecule has 9 nitrogen and oxygen atoms in total. The average molecular weight is 458 g/mol. The zero-order valence-electron chi connectivity index (χ0n) is 17.4. The van der Waals surface area contributed by atoms with Crippen LogP contribution in [0.15, 0.2) is 48.2 Å². The van der Waals surface area contributed by atoms with Gasteiger partial charge in [-0.3, -0.25) is 9.78 Å². The Kier molecular flexibility index (Phi) is 10.8. The summed E-state index contributed by atoms with van der Waals surface area (Å²) in [5, 5.41) is 9.89. The maximum Gasteiger partial charge on any atom is 0.416 e. The van der Waals surface area contributed by atoms with Gasteiger partial charge in [0.2, 0.25) is 0 Å². The number of nitrogens with two attached hydrogens (primary N) is 3. The van der Waals surface area contributed by atoms with Crippen LogP contribution in [0.4, 0.5) is 17.6 Å². The van der Waals surface area contributed by atoms with Gasteiger partial charge in [0.1, 0.15) is 11.9 Å². The summed E-state index contributed by atoms with van der Waals surface area (Å²) in [5.74, 6) is 0.142. The Hall–Kier alpha value is -3.48. The van der Waals surface area contributed by atoms with E-state index in [-0.39, 0.29) is 24.5 Å². The molecule has 0 radical (unpaired) electrons. The number of carbonyl (C=O) groups is 1. The molecule has 0 saturated carbocycles. The molecule has 7 N–H and O–H groups in total. The Morgan fingerprint density at radius 2 is 2.00 bits per heavy atom. The van der Waals surface area contributed by atoms with Crippen LogP contribution in [0, 0.1) is 0 Å². The quantitative estimate of drug-likeness (QED) is 0.251. The van der Waals surface area contributed by atoms with E-state index in [0.717, 1.165) is 18.3 Å². The standard InChI is InChI=1S/C11H17FN6O.C8H9F3N2/c12-8(1-2-9(13)3-4-11(14)15)5-18-6-10(7-19)16-17-18;1-12-5-7-4-6(2-3-13-7)8(9,10)11/h3-4,6-8H,1-2,5,13-15H2;2-4,12H,5H2,1H3/b9-3-;. The average Bonchev–Trinajstić information content (AvgIpc) is 3.18. The summed E-state index contributed by atoms with van der Waals surface area (Å²) in [4.78, 5) is 14.2. The first-order valence-corrected chi connectivity index (χ1v) is 9.38. The molecule has 1 unspecified atom stereocenters. The number of hydrogen-bond donors (Lipinski definition) is 4. The Balaban J connectivity index is 0.000000343. The van der Waals surface area contributed by atoms with Gasteiger partial charge < -0.3 is 22.5 Å². The van der Waals surface area contributed by atoms with Crippen LogP contribution in [0.3, 0.4) is 0 Å². The Labute approximate surface area is 182 Å². The number of pyridine rings is 1. The number of halogens is 4.